The smallest absolute Gasteiger partial charge is 0.164 e. The van der Waals surface area contributed by atoms with Crippen LogP contribution in [-0.4, -0.2) is 28.5 Å². The normalized spacial score (nSPS) is 10.9. The first-order valence-electron chi connectivity index (χ1n) is 6.05. The largest absolute Gasteiger partial charge is 0.383 e. The summed E-state index contributed by atoms with van der Waals surface area (Å²) in [7, 11) is 1.68. The molecule has 0 bridgehead atoms. The number of aromatic nitrogens is 3. The van der Waals surface area contributed by atoms with E-state index in [1.165, 1.54) is 5.56 Å². The molecule has 0 aliphatic heterocycles. The van der Waals surface area contributed by atoms with Crippen molar-refractivity contribution in [2.75, 3.05) is 13.7 Å². The molecule has 0 atom stereocenters. The number of nitrogens with zero attached hydrogens (tertiary/aromatic N) is 3. The van der Waals surface area contributed by atoms with Crippen molar-refractivity contribution in [3.8, 4) is 11.4 Å². The van der Waals surface area contributed by atoms with Crippen LogP contribution < -0.4 is 5.73 Å². The van der Waals surface area contributed by atoms with Crippen molar-refractivity contribution in [3.05, 3.63) is 34.1 Å². The van der Waals surface area contributed by atoms with Crippen molar-refractivity contribution in [1.29, 1.82) is 0 Å². The van der Waals surface area contributed by atoms with Gasteiger partial charge in [0.05, 0.1) is 13.2 Å². The Labute approximate surface area is 120 Å². The van der Waals surface area contributed by atoms with Gasteiger partial charge in [-0.05, 0) is 18.6 Å². The van der Waals surface area contributed by atoms with Gasteiger partial charge in [-0.1, -0.05) is 28.1 Å². The lowest BCUT2D eigenvalue weighted by Crippen LogP contribution is -2.12. The van der Waals surface area contributed by atoms with Crippen molar-refractivity contribution in [3.63, 3.8) is 0 Å². The molecule has 2 rings (SSSR count). The zero-order valence-corrected chi connectivity index (χ0v) is 12.6. The maximum atomic E-state index is 5.69. The third kappa shape index (κ3) is 3.02. The zero-order valence-electron chi connectivity index (χ0n) is 11.1. The lowest BCUT2D eigenvalue weighted by atomic mass is 10.1. The van der Waals surface area contributed by atoms with Crippen LogP contribution in [0.25, 0.3) is 11.4 Å². The molecule has 0 aliphatic carbocycles. The molecule has 1 aromatic heterocycles. The van der Waals surface area contributed by atoms with Gasteiger partial charge in [-0.2, -0.15) is 0 Å². The Hall–Kier alpha value is -1.24. The predicted octanol–water partition coefficient (Wildman–Crippen LogP) is 2.12. The Morgan fingerprint density at radius 2 is 2.16 bits per heavy atom. The summed E-state index contributed by atoms with van der Waals surface area (Å²) in [6.45, 7) is 3.71. The van der Waals surface area contributed by atoms with Crippen LogP contribution in [0.2, 0.25) is 0 Å². The lowest BCUT2D eigenvalue weighted by molar-refractivity contribution is 0.186. The number of benzene rings is 1. The minimum atomic E-state index is 0.365. The highest BCUT2D eigenvalue weighted by molar-refractivity contribution is 9.10. The Balaban J connectivity index is 2.42. The minimum Gasteiger partial charge on any atom is -0.383 e. The molecule has 19 heavy (non-hydrogen) atoms. The van der Waals surface area contributed by atoms with Crippen molar-refractivity contribution in [2.45, 2.75) is 20.0 Å². The highest BCUT2D eigenvalue weighted by Gasteiger charge is 2.13. The van der Waals surface area contributed by atoms with Crippen LogP contribution >= 0.6 is 15.9 Å². The minimum absolute atomic E-state index is 0.365. The summed E-state index contributed by atoms with van der Waals surface area (Å²) in [5.41, 5.74) is 7.89. The van der Waals surface area contributed by atoms with Gasteiger partial charge in [0, 0.05) is 23.7 Å². The summed E-state index contributed by atoms with van der Waals surface area (Å²) in [4.78, 5) is 0. The van der Waals surface area contributed by atoms with E-state index in [1.54, 1.807) is 7.11 Å². The first-order chi connectivity index (χ1) is 9.17. The van der Waals surface area contributed by atoms with Crippen molar-refractivity contribution >= 4 is 15.9 Å². The van der Waals surface area contributed by atoms with Crippen LogP contribution in [0.3, 0.4) is 0 Å². The molecule has 0 saturated carbocycles. The van der Waals surface area contributed by atoms with Crippen LogP contribution in [0.4, 0.5) is 0 Å². The second-order valence-corrected chi connectivity index (χ2v) is 5.11. The highest BCUT2D eigenvalue weighted by Crippen LogP contribution is 2.25. The Kier molecular flexibility index (Phi) is 4.68. The summed E-state index contributed by atoms with van der Waals surface area (Å²) in [6, 6.07) is 6.13. The fourth-order valence-electron chi connectivity index (χ4n) is 1.85. The fraction of sp³-hybridized carbons (Fsp3) is 0.385. The maximum Gasteiger partial charge on any atom is 0.164 e. The molecule has 0 fully saturated rings. The number of ether oxygens (including phenoxy) is 1. The summed E-state index contributed by atoms with van der Waals surface area (Å²) in [5.74, 6) is 1.59. The SMILES string of the molecule is COCCn1c(CN)nnc1-c1ccc(C)c(Br)c1. The van der Waals surface area contributed by atoms with Crippen LogP contribution in [0.15, 0.2) is 22.7 Å². The fourth-order valence-corrected chi connectivity index (χ4v) is 2.23. The van der Waals surface area contributed by atoms with E-state index in [2.05, 4.69) is 39.1 Å². The van der Waals surface area contributed by atoms with Crippen LogP contribution in [0, 0.1) is 6.92 Å². The van der Waals surface area contributed by atoms with Crippen LogP contribution in [0.5, 0.6) is 0 Å². The molecule has 1 heterocycles. The average Bonchev–Trinajstić information content (AvgIpc) is 2.82. The standard InChI is InChI=1S/C13H17BrN4O/c1-9-3-4-10(7-11(9)14)13-17-16-12(8-15)18(13)5-6-19-2/h3-4,7H,5-6,8,15H2,1-2H3. The maximum absolute atomic E-state index is 5.69. The van der Waals surface area contributed by atoms with Crippen molar-refractivity contribution in [1.82, 2.24) is 14.8 Å². The van der Waals surface area contributed by atoms with Crippen LogP contribution in [0.1, 0.15) is 11.4 Å². The van der Waals surface area contributed by atoms with Gasteiger partial charge in [-0.25, -0.2) is 0 Å². The summed E-state index contributed by atoms with van der Waals surface area (Å²) < 4.78 is 8.18. The number of nitrogens with two attached hydrogens (primary N) is 1. The van der Waals surface area contributed by atoms with E-state index in [1.807, 2.05) is 16.7 Å². The molecule has 102 valence electrons. The second kappa shape index (κ2) is 6.27. The number of methoxy groups -OCH3 is 1. The van der Waals surface area contributed by atoms with Crippen molar-refractivity contribution in [2.24, 2.45) is 5.73 Å². The first kappa shape index (κ1) is 14.2. The van der Waals surface area contributed by atoms with Crippen molar-refractivity contribution < 1.29 is 4.74 Å². The quantitative estimate of drug-likeness (QED) is 0.914. The van der Waals surface area contributed by atoms with Crippen LogP contribution in [-0.2, 0) is 17.8 Å². The van der Waals surface area contributed by atoms with Gasteiger partial charge in [0.25, 0.3) is 0 Å². The van der Waals surface area contributed by atoms with E-state index in [-0.39, 0.29) is 0 Å². The Bertz CT molecular complexity index is 568. The molecule has 0 unspecified atom stereocenters. The first-order valence-corrected chi connectivity index (χ1v) is 6.84. The monoisotopic (exact) mass is 324 g/mol. The van der Waals surface area contributed by atoms with Gasteiger partial charge in [0.15, 0.2) is 5.82 Å². The second-order valence-electron chi connectivity index (χ2n) is 4.25. The van der Waals surface area contributed by atoms with Gasteiger partial charge in [0.1, 0.15) is 5.82 Å². The van der Waals surface area contributed by atoms with Gasteiger partial charge >= 0.3 is 0 Å². The molecule has 5 nitrogen and oxygen atoms in total. The van der Waals surface area contributed by atoms with Gasteiger partial charge in [-0.3, -0.25) is 0 Å². The molecular formula is C13H17BrN4O. The number of halogens is 1. The molecule has 6 heteroatoms. The van der Waals surface area contributed by atoms with E-state index in [0.29, 0.717) is 19.7 Å². The Morgan fingerprint density at radius 3 is 2.79 bits per heavy atom. The van der Waals surface area contributed by atoms with Gasteiger partial charge in [-0.15, -0.1) is 10.2 Å². The van der Waals surface area contributed by atoms with E-state index in [9.17, 15) is 0 Å². The number of rotatable bonds is 5. The van der Waals surface area contributed by atoms with Gasteiger partial charge < -0.3 is 15.0 Å². The molecule has 2 N–H and O–H groups in total. The third-order valence-corrected chi connectivity index (χ3v) is 3.81. The van der Waals surface area contributed by atoms with E-state index in [0.717, 1.165) is 21.7 Å². The number of hydrogen-bond donors (Lipinski definition) is 1. The summed E-state index contributed by atoms with van der Waals surface area (Å²) in [6.07, 6.45) is 0. The highest BCUT2D eigenvalue weighted by atomic mass is 79.9. The molecule has 0 spiro atoms. The zero-order chi connectivity index (χ0) is 13.8. The molecule has 1 aromatic carbocycles. The molecule has 2 aromatic rings. The number of hydrogen-bond acceptors (Lipinski definition) is 4. The molecule has 0 aliphatic rings. The van der Waals surface area contributed by atoms with E-state index < -0.39 is 0 Å². The number of aryl methyl sites for hydroxylation is 1. The topological polar surface area (TPSA) is 66.0 Å². The molecule has 0 amide bonds. The Morgan fingerprint density at radius 1 is 1.37 bits per heavy atom. The average molecular weight is 325 g/mol. The van der Waals surface area contributed by atoms with E-state index >= 15 is 0 Å². The van der Waals surface area contributed by atoms with E-state index in [4.69, 9.17) is 10.5 Å². The molecule has 0 radical (unpaired) electrons. The predicted molar refractivity (Wildman–Crippen MR) is 77.7 cm³/mol. The molecule has 0 saturated heterocycles. The third-order valence-electron chi connectivity index (χ3n) is 2.96. The van der Waals surface area contributed by atoms with Gasteiger partial charge in [0.2, 0.25) is 0 Å². The summed E-state index contributed by atoms with van der Waals surface area (Å²) >= 11 is 3.54. The molecular weight excluding hydrogens is 308 g/mol. The lowest BCUT2D eigenvalue weighted by Gasteiger charge is -2.09. The summed E-state index contributed by atoms with van der Waals surface area (Å²) in [5, 5.41) is 8.37.